The normalized spacial score (nSPS) is 16.1. The van der Waals surface area contributed by atoms with E-state index < -0.39 is 5.97 Å². The zero-order chi connectivity index (χ0) is 9.68. The molecule has 0 saturated heterocycles. The number of hydrogen-bond donors (Lipinski definition) is 0. The van der Waals surface area contributed by atoms with Crippen LogP contribution in [-0.4, -0.2) is 18.4 Å². The van der Waals surface area contributed by atoms with E-state index in [4.69, 9.17) is 4.74 Å². The molecule has 0 spiro atoms. The third-order valence-electron chi connectivity index (χ3n) is 2.09. The molecule has 0 N–H and O–H groups in total. The van der Waals surface area contributed by atoms with E-state index in [0.29, 0.717) is 6.61 Å². The summed E-state index contributed by atoms with van der Waals surface area (Å²) < 4.78 is 4.69. The van der Waals surface area contributed by atoms with E-state index in [0.717, 1.165) is 12.8 Å². The first-order chi connectivity index (χ1) is 6.24. The molecular formula is C10H14O3. The van der Waals surface area contributed by atoms with Gasteiger partial charge in [0.25, 0.3) is 0 Å². The van der Waals surface area contributed by atoms with Crippen LogP contribution in [0.25, 0.3) is 0 Å². The van der Waals surface area contributed by atoms with Crippen LogP contribution < -0.4 is 0 Å². The van der Waals surface area contributed by atoms with Crippen molar-refractivity contribution in [3.63, 3.8) is 0 Å². The van der Waals surface area contributed by atoms with Gasteiger partial charge in [-0.1, -0.05) is 12.2 Å². The highest BCUT2D eigenvalue weighted by molar-refractivity contribution is 5.97. The fraction of sp³-hybridized carbons (Fsp3) is 0.600. The quantitative estimate of drug-likeness (QED) is 0.375. The molecular weight excluding hydrogens is 168 g/mol. The zero-order valence-corrected chi connectivity index (χ0v) is 7.79. The zero-order valence-electron chi connectivity index (χ0n) is 7.79. The summed E-state index contributed by atoms with van der Waals surface area (Å²) in [6, 6.07) is 0. The summed E-state index contributed by atoms with van der Waals surface area (Å²) >= 11 is 0. The van der Waals surface area contributed by atoms with E-state index in [9.17, 15) is 9.59 Å². The Bertz CT molecular complexity index is 222. The standard InChI is InChI=1S/C10H14O3/c1-2-13-10(12)7-9(11)8-5-3-4-6-8/h3-4,8H,2,5-7H2,1H3. The van der Waals surface area contributed by atoms with Crippen molar-refractivity contribution in [1.82, 2.24) is 0 Å². The van der Waals surface area contributed by atoms with Crippen molar-refractivity contribution in [2.24, 2.45) is 5.92 Å². The van der Waals surface area contributed by atoms with E-state index in [2.05, 4.69) is 0 Å². The maximum atomic E-state index is 11.4. The number of carbonyl (C=O) groups is 2. The summed E-state index contributed by atoms with van der Waals surface area (Å²) in [5, 5.41) is 0. The van der Waals surface area contributed by atoms with Crippen LogP contribution in [0.5, 0.6) is 0 Å². The number of allylic oxidation sites excluding steroid dienone is 2. The first-order valence-corrected chi connectivity index (χ1v) is 4.57. The Morgan fingerprint density at radius 3 is 2.54 bits per heavy atom. The lowest BCUT2D eigenvalue weighted by Gasteiger charge is -2.06. The summed E-state index contributed by atoms with van der Waals surface area (Å²) in [6.45, 7) is 2.08. The van der Waals surface area contributed by atoms with Crippen molar-refractivity contribution in [2.45, 2.75) is 26.2 Å². The number of ether oxygens (including phenoxy) is 1. The molecule has 0 aromatic heterocycles. The van der Waals surface area contributed by atoms with Gasteiger partial charge in [0.2, 0.25) is 0 Å². The fourth-order valence-corrected chi connectivity index (χ4v) is 1.38. The maximum Gasteiger partial charge on any atom is 0.313 e. The van der Waals surface area contributed by atoms with Crippen molar-refractivity contribution in [1.29, 1.82) is 0 Å². The van der Waals surface area contributed by atoms with E-state index in [1.165, 1.54) is 0 Å². The van der Waals surface area contributed by atoms with Crippen LogP contribution in [0.3, 0.4) is 0 Å². The molecule has 0 bridgehead atoms. The van der Waals surface area contributed by atoms with Crippen LogP contribution in [0, 0.1) is 5.92 Å². The molecule has 0 aliphatic heterocycles. The lowest BCUT2D eigenvalue weighted by Crippen LogP contribution is -2.17. The molecule has 0 aromatic rings. The Balaban J connectivity index is 2.28. The van der Waals surface area contributed by atoms with Crippen molar-refractivity contribution in [3.8, 4) is 0 Å². The molecule has 0 atom stereocenters. The molecule has 13 heavy (non-hydrogen) atoms. The molecule has 3 nitrogen and oxygen atoms in total. The Kier molecular flexibility index (Phi) is 3.68. The van der Waals surface area contributed by atoms with Gasteiger partial charge in [0.15, 0.2) is 0 Å². The van der Waals surface area contributed by atoms with E-state index >= 15 is 0 Å². The van der Waals surface area contributed by atoms with Crippen LogP contribution in [0.15, 0.2) is 12.2 Å². The number of carbonyl (C=O) groups excluding carboxylic acids is 2. The van der Waals surface area contributed by atoms with Gasteiger partial charge in [0.1, 0.15) is 12.2 Å². The molecule has 0 amide bonds. The summed E-state index contributed by atoms with van der Waals surface area (Å²) in [5.74, 6) is -0.382. The Morgan fingerprint density at radius 1 is 1.38 bits per heavy atom. The molecule has 0 aromatic carbocycles. The minimum absolute atomic E-state index is 0.00319. The van der Waals surface area contributed by atoms with Gasteiger partial charge in [-0.2, -0.15) is 0 Å². The van der Waals surface area contributed by atoms with Crippen molar-refractivity contribution >= 4 is 11.8 Å². The van der Waals surface area contributed by atoms with Crippen LogP contribution in [0.1, 0.15) is 26.2 Å². The second kappa shape index (κ2) is 4.80. The second-order valence-corrected chi connectivity index (χ2v) is 3.09. The van der Waals surface area contributed by atoms with Gasteiger partial charge < -0.3 is 4.74 Å². The lowest BCUT2D eigenvalue weighted by molar-refractivity contribution is -0.146. The van der Waals surface area contributed by atoms with Crippen LogP contribution >= 0.6 is 0 Å². The predicted molar refractivity (Wildman–Crippen MR) is 48.1 cm³/mol. The van der Waals surface area contributed by atoms with E-state index in [-0.39, 0.29) is 18.1 Å². The van der Waals surface area contributed by atoms with E-state index in [1.807, 2.05) is 12.2 Å². The SMILES string of the molecule is CCOC(=O)CC(=O)C1CC=CC1. The van der Waals surface area contributed by atoms with Crippen molar-refractivity contribution in [3.05, 3.63) is 12.2 Å². The van der Waals surface area contributed by atoms with Gasteiger partial charge in [-0.25, -0.2) is 0 Å². The molecule has 1 aliphatic carbocycles. The number of ketones is 1. The summed E-state index contributed by atoms with van der Waals surface area (Å²) in [5.41, 5.74) is 0. The van der Waals surface area contributed by atoms with E-state index in [1.54, 1.807) is 6.92 Å². The number of Topliss-reactive ketones (excluding diaryl/α,β-unsaturated/α-hetero) is 1. The van der Waals surface area contributed by atoms with Crippen molar-refractivity contribution < 1.29 is 14.3 Å². The third kappa shape index (κ3) is 3.01. The monoisotopic (exact) mass is 182 g/mol. The van der Waals surface area contributed by atoms with Gasteiger partial charge in [-0.15, -0.1) is 0 Å². The fourth-order valence-electron chi connectivity index (χ4n) is 1.38. The molecule has 1 rings (SSSR count). The van der Waals surface area contributed by atoms with Gasteiger partial charge in [0.05, 0.1) is 6.61 Å². The van der Waals surface area contributed by atoms with Crippen LogP contribution in [0.4, 0.5) is 0 Å². The third-order valence-corrected chi connectivity index (χ3v) is 2.09. The molecule has 72 valence electrons. The number of hydrogen-bond acceptors (Lipinski definition) is 3. The Morgan fingerprint density at radius 2 is 2.00 bits per heavy atom. The molecule has 0 unspecified atom stereocenters. The summed E-state index contributed by atoms with van der Waals surface area (Å²) in [6.07, 6.45) is 5.44. The van der Waals surface area contributed by atoms with Gasteiger partial charge >= 0.3 is 5.97 Å². The Hall–Kier alpha value is -1.12. The van der Waals surface area contributed by atoms with Gasteiger partial charge in [-0.3, -0.25) is 9.59 Å². The molecule has 0 heterocycles. The second-order valence-electron chi connectivity index (χ2n) is 3.09. The average molecular weight is 182 g/mol. The largest absolute Gasteiger partial charge is 0.466 e. The van der Waals surface area contributed by atoms with Gasteiger partial charge in [0, 0.05) is 5.92 Å². The predicted octanol–water partition coefficient (Wildman–Crippen LogP) is 1.47. The Labute approximate surface area is 77.8 Å². The minimum Gasteiger partial charge on any atom is -0.466 e. The van der Waals surface area contributed by atoms with Crippen molar-refractivity contribution in [2.75, 3.05) is 6.61 Å². The topological polar surface area (TPSA) is 43.4 Å². The highest BCUT2D eigenvalue weighted by atomic mass is 16.5. The smallest absolute Gasteiger partial charge is 0.313 e. The van der Waals surface area contributed by atoms with Crippen LogP contribution in [-0.2, 0) is 14.3 Å². The maximum absolute atomic E-state index is 11.4. The lowest BCUT2D eigenvalue weighted by atomic mass is 9.99. The molecule has 0 radical (unpaired) electrons. The van der Waals surface area contributed by atoms with Gasteiger partial charge in [-0.05, 0) is 19.8 Å². The number of esters is 1. The first-order valence-electron chi connectivity index (χ1n) is 4.57. The summed E-state index contributed by atoms with van der Waals surface area (Å²) in [4.78, 5) is 22.3. The molecule has 0 saturated carbocycles. The molecule has 1 aliphatic rings. The highest BCUT2D eigenvalue weighted by Gasteiger charge is 2.21. The average Bonchev–Trinajstić information content (AvgIpc) is 2.55. The van der Waals surface area contributed by atoms with Crippen LogP contribution in [0.2, 0.25) is 0 Å². The molecule has 3 heteroatoms. The highest BCUT2D eigenvalue weighted by Crippen LogP contribution is 2.19. The minimum atomic E-state index is -0.403. The first kappa shape index (κ1) is 9.96. The molecule has 0 fully saturated rings. The number of rotatable bonds is 4. The summed E-state index contributed by atoms with van der Waals surface area (Å²) in [7, 11) is 0.